The topological polar surface area (TPSA) is 73.0 Å². The Labute approximate surface area is 179 Å². The van der Waals surface area contributed by atoms with Crippen LogP contribution < -0.4 is 5.32 Å². The zero-order valence-electron chi connectivity index (χ0n) is 18.2. The zero-order valence-corrected chi connectivity index (χ0v) is 18.2. The van der Waals surface area contributed by atoms with E-state index in [2.05, 4.69) is 10.2 Å². The first kappa shape index (κ1) is 22.3. The Bertz CT molecular complexity index is 723. The molecular weight excluding hydrogens is 380 g/mol. The molecule has 2 aliphatic rings. The summed E-state index contributed by atoms with van der Waals surface area (Å²) in [5.41, 5.74) is 0.797. The summed E-state index contributed by atoms with van der Waals surface area (Å²) in [6.07, 6.45) is 2.58. The summed E-state index contributed by atoms with van der Waals surface area (Å²) >= 11 is 0. The Morgan fingerprint density at radius 1 is 0.900 bits per heavy atom. The molecule has 30 heavy (non-hydrogen) atoms. The van der Waals surface area contributed by atoms with Crippen LogP contribution in [-0.4, -0.2) is 78.2 Å². The monoisotopic (exact) mass is 414 g/mol. The predicted octanol–water partition coefficient (Wildman–Crippen LogP) is 1.66. The van der Waals surface area contributed by atoms with Crippen LogP contribution in [0.15, 0.2) is 30.3 Å². The van der Waals surface area contributed by atoms with Crippen molar-refractivity contribution in [3.05, 3.63) is 35.9 Å². The van der Waals surface area contributed by atoms with Gasteiger partial charge in [-0.15, -0.1) is 0 Å². The van der Waals surface area contributed by atoms with Gasteiger partial charge in [-0.05, 0) is 24.3 Å². The molecule has 2 heterocycles. The van der Waals surface area contributed by atoms with Crippen LogP contribution in [0.4, 0.5) is 0 Å². The van der Waals surface area contributed by atoms with Crippen molar-refractivity contribution in [2.24, 2.45) is 5.92 Å². The van der Waals surface area contributed by atoms with E-state index in [0.717, 1.165) is 31.5 Å². The molecule has 1 aromatic carbocycles. The maximum absolute atomic E-state index is 13.3. The molecule has 164 valence electrons. The normalized spacial score (nSPS) is 18.5. The molecule has 0 bridgehead atoms. The molecule has 2 fully saturated rings. The van der Waals surface area contributed by atoms with E-state index in [0.29, 0.717) is 39.1 Å². The van der Waals surface area contributed by atoms with Gasteiger partial charge in [0.1, 0.15) is 6.04 Å². The average Bonchev–Trinajstić information content (AvgIpc) is 3.27. The molecule has 2 saturated heterocycles. The molecule has 1 unspecified atom stereocenters. The second-order valence-electron chi connectivity index (χ2n) is 8.70. The molecule has 2 aliphatic heterocycles. The number of likely N-dealkylation sites (tertiary alicyclic amines) is 1. The van der Waals surface area contributed by atoms with E-state index in [-0.39, 0.29) is 23.6 Å². The second-order valence-corrected chi connectivity index (χ2v) is 8.70. The first-order valence-electron chi connectivity index (χ1n) is 11.1. The van der Waals surface area contributed by atoms with Gasteiger partial charge < -0.3 is 15.1 Å². The highest BCUT2D eigenvalue weighted by atomic mass is 16.2. The van der Waals surface area contributed by atoms with Crippen molar-refractivity contribution in [2.75, 3.05) is 45.8 Å². The summed E-state index contributed by atoms with van der Waals surface area (Å²) in [5.74, 6) is 0.231. The van der Waals surface area contributed by atoms with Crippen molar-refractivity contribution in [1.29, 1.82) is 0 Å². The van der Waals surface area contributed by atoms with Gasteiger partial charge in [-0.1, -0.05) is 44.2 Å². The Balaban J connectivity index is 1.58. The number of carbonyl (C=O) groups excluding carboxylic acids is 3. The number of rotatable bonds is 7. The van der Waals surface area contributed by atoms with Crippen LogP contribution in [0.2, 0.25) is 0 Å². The minimum atomic E-state index is -0.671. The maximum atomic E-state index is 13.3. The lowest BCUT2D eigenvalue weighted by molar-refractivity contribution is -0.139. The van der Waals surface area contributed by atoms with Crippen molar-refractivity contribution in [3.63, 3.8) is 0 Å². The predicted molar refractivity (Wildman–Crippen MR) is 116 cm³/mol. The summed E-state index contributed by atoms with van der Waals surface area (Å²) in [4.78, 5) is 43.9. The molecule has 1 atom stereocenters. The second kappa shape index (κ2) is 10.6. The quantitative estimate of drug-likeness (QED) is 0.737. The number of hydrogen-bond donors (Lipinski definition) is 1. The largest absolute Gasteiger partial charge is 0.342 e. The van der Waals surface area contributed by atoms with Crippen molar-refractivity contribution in [3.8, 4) is 0 Å². The molecule has 0 radical (unpaired) electrons. The van der Waals surface area contributed by atoms with Crippen LogP contribution in [0, 0.1) is 5.92 Å². The number of nitrogens with zero attached hydrogens (tertiary/aromatic N) is 3. The molecule has 1 aromatic rings. The lowest BCUT2D eigenvalue weighted by Gasteiger charge is -2.36. The molecule has 0 spiro atoms. The minimum absolute atomic E-state index is 0.0798. The molecular formula is C23H34N4O3. The van der Waals surface area contributed by atoms with Crippen LogP contribution in [0.25, 0.3) is 0 Å². The highest BCUT2D eigenvalue weighted by Crippen LogP contribution is 2.18. The smallest absolute Gasteiger partial charge is 0.249 e. The fourth-order valence-electron chi connectivity index (χ4n) is 4.09. The summed E-state index contributed by atoms with van der Waals surface area (Å²) in [6.45, 7) is 8.61. The molecule has 0 aromatic heterocycles. The van der Waals surface area contributed by atoms with E-state index in [1.165, 1.54) is 0 Å². The third kappa shape index (κ3) is 6.05. The Morgan fingerprint density at radius 3 is 2.13 bits per heavy atom. The van der Waals surface area contributed by atoms with E-state index < -0.39 is 6.04 Å². The minimum Gasteiger partial charge on any atom is -0.342 e. The van der Waals surface area contributed by atoms with Crippen molar-refractivity contribution in [1.82, 2.24) is 20.0 Å². The van der Waals surface area contributed by atoms with Gasteiger partial charge >= 0.3 is 0 Å². The SMILES string of the molecule is CC(C)CC(=O)NC(C(=O)N1CCN(CC(=O)N2CCCC2)CC1)c1ccccc1. The highest BCUT2D eigenvalue weighted by molar-refractivity contribution is 5.89. The Morgan fingerprint density at radius 2 is 1.53 bits per heavy atom. The van der Waals surface area contributed by atoms with Gasteiger partial charge in [-0.3, -0.25) is 19.3 Å². The summed E-state index contributed by atoms with van der Waals surface area (Å²) < 4.78 is 0. The third-order valence-corrected chi connectivity index (χ3v) is 5.78. The van der Waals surface area contributed by atoms with Crippen molar-refractivity contribution >= 4 is 17.7 Å². The first-order valence-corrected chi connectivity index (χ1v) is 11.1. The van der Waals surface area contributed by atoms with E-state index in [9.17, 15) is 14.4 Å². The fraction of sp³-hybridized carbons (Fsp3) is 0.609. The van der Waals surface area contributed by atoms with E-state index >= 15 is 0 Å². The summed E-state index contributed by atoms with van der Waals surface area (Å²) in [6, 6.07) is 8.75. The number of hydrogen-bond acceptors (Lipinski definition) is 4. The number of nitrogens with one attached hydrogen (secondary N) is 1. The van der Waals surface area contributed by atoms with Crippen LogP contribution in [0.1, 0.15) is 44.7 Å². The Hall–Kier alpha value is -2.41. The van der Waals surface area contributed by atoms with Crippen molar-refractivity contribution in [2.45, 2.75) is 39.2 Å². The zero-order chi connectivity index (χ0) is 21.5. The molecule has 7 nitrogen and oxygen atoms in total. The van der Waals surface area contributed by atoms with Gasteiger partial charge in [0, 0.05) is 45.7 Å². The maximum Gasteiger partial charge on any atom is 0.249 e. The van der Waals surface area contributed by atoms with Crippen LogP contribution in [-0.2, 0) is 14.4 Å². The van der Waals surface area contributed by atoms with Gasteiger partial charge in [0.05, 0.1) is 6.54 Å². The van der Waals surface area contributed by atoms with E-state index in [1.807, 2.05) is 54.0 Å². The van der Waals surface area contributed by atoms with E-state index in [1.54, 1.807) is 0 Å². The Kier molecular flexibility index (Phi) is 7.85. The van der Waals surface area contributed by atoms with Crippen molar-refractivity contribution < 1.29 is 14.4 Å². The number of benzene rings is 1. The van der Waals surface area contributed by atoms with Crippen LogP contribution >= 0.6 is 0 Å². The van der Waals surface area contributed by atoms with Gasteiger partial charge in [0.15, 0.2) is 0 Å². The third-order valence-electron chi connectivity index (χ3n) is 5.78. The van der Waals surface area contributed by atoms with Gasteiger partial charge in [-0.25, -0.2) is 0 Å². The lowest BCUT2D eigenvalue weighted by Crippen LogP contribution is -2.53. The first-order chi connectivity index (χ1) is 14.4. The number of amides is 3. The average molecular weight is 415 g/mol. The summed E-state index contributed by atoms with van der Waals surface area (Å²) in [5, 5.41) is 2.94. The molecule has 3 rings (SSSR count). The molecule has 7 heteroatoms. The fourth-order valence-corrected chi connectivity index (χ4v) is 4.09. The van der Waals surface area contributed by atoms with Gasteiger partial charge in [0.25, 0.3) is 0 Å². The van der Waals surface area contributed by atoms with Crippen LogP contribution in [0.5, 0.6) is 0 Å². The van der Waals surface area contributed by atoms with Gasteiger partial charge in [0.2, 0.25) is 17.7 Å². The lowest BCUT2D eigenvalue weighted by atomic mass is 10.0. The standard InChI is InChI=1S/C23H34N4O3/c1-18(2)16-20(28)24-22(19-8-4-3-5-9-19)23(30)27-14-12-25(13-15-27)17-21(29)26-10-6-7-11-26/h3-5,8-9,18,22H,6-7,10-17H2,1-2H3,(H,24,28). The molecule has 0 saturated carbocycles. The van der Waals surface area contributed by atoms with Crippen LogP contribution in [0.3, 0.4) is 0 Å². The molecule has 1 N–H and O–H groups in total. The molecule has 3 amide bonds. The number of carbonyl (C=O) groups is 3. The number of piperazine rings is 1. The molecule has 0 aliphatic carbocycles. The highest BCUT2D eigenvalue weighted by Gasteiger charge is 2.31. The summed E-state index contributed by atoms with van der Waals surface area (Å²) in [7, 11) is 0. The van der Waals surface area contributed by atoms with Gasteiger partial charge in [-0.2, -0.15) is 0 Å². The van der Waals surface area contributed by atoms with E-state index in [4.69, 9.17) is 0 Å².